The lowest BCUT2D eigenvalue weighted by Gasteiger charge is -2.15. The lowest BCUT2D eigenvalue weighted by molar-refractivity contribution is -0.384. The van der Waals surface area contributed by atoms with Crippen molar-refractivity contribution in [2.75, 3.05) is 0 Å². The van der Waals surface area contributed by atoms with Crippen molar-refractivity contribution in [2.45, 2.75) is 6.42 Å². The number of hydrogen-bond donors (Lipinski definition) is 0. The zero-order chi connectivity index (χ0) is 16.5. The highest BCUT2D eigenvalue weighted by Crippen LogP contribution is 2.49. The van der Waals surface area contributed by atoms with Gasteiger partial charge in [0, 0.05) is 24.0 Å². The number of nitro groups is 1. The van der Waals surface area contributed by atoms with Crippen LogP contribution in [0.3, 0.4) is 0 Å². The highest BCUT2D eigenvalue weighted by Gasteiger charge is 2.33. The lowest BCUT2D eigenvalue weighted by Crippen LogP contribution is -1.97. The van der Waals surface area contributed by atoms with E-state index in [0.29, 0.717) is 11.8 Å². The Labute approximate surface area is 140 Å². The van der Waals surface area contributed by atoms with Gasteiger partial charge in [0.05, 0.1) is 4.92 Å². The average molecular weight is 315 g/mol. The van der Waals surface area contributed by atoms with E-state index in [9.17, 15) is 10.1 Å². The Hall–Kier alpha value is -2.94. The largest absolute Gasteiger partial charge is 0.269 e. The van der Waals surface area contributed by atoms with Crippen LogP contribution < -0.4 is 0 Å². The Bertz CT molecular complexity index is 860. The maximum Gasteiger partial charge on any atom is 0.269 e. The van der Waals surface area contributed by atoms with Crippen LogP contribution in [0.25, 0.3) is 11.1 Å². The van der Waals surface area contributed by atoms with Crippen LogP contribution in [0.1, 0.15) is 17.5 Å². The highest BCUT2D eigenvalue weighted by molar-refractivity contribution is 5.96. The molecule has 3 heteroatoms. The van der Waals surface area contributed by atoms with E-state index < -0.39 is 0 Å². The second-order valence-electron chi connectivity index (χ2n) is 6.22. The number of nitro benzene ring substituents is 1. The standard InChI is InChI=1S/C21H17NO2/c23-22(24)19-12-10-16(11-13-19)21-18-9-5-4-8-17(14-18)20(21)15-6-2-1-3-7-15/h1-13,17-18H,14H2/t17-,18?/m1/s1. The summed E-state index contributed by atoms with van der Waals surface area (Å²) in [5, 5.41) is 10.9. The molecule has 0 N–H and O–H groups in total. The second kappa shape index (κ2) is 5.93. The van der Waals surface area contributed by atoms with Crippen LogP contribution in [0.15, 0.2) is 78.9 Å². The van der Waals surface area contributed by atoms with Crippen molar-refractivity contribution in [3.8, 4) is 0 Å². The maximum atomic E-state index is 10.9. The molecule has 2 bridgehead atoms. The predicted molar refractivity (Wildman–Crippen MR) is 96.2 cm³/mol. The van der Waals surface area contributed by atoms with E-state index >= 15 is 0 Å². The van der Waals surface area contributed by atoms with Crippen LogP contribution in [-0.2, 0) is 0 Å². The van der Waals surface area contributed by atoms with Gasteiger partial charge in [-0.2, -0.15) is 0 Å². The first-order valence-electron chi connectivity index (χ1n) is 8.13. The van der Waals surface area contributed by atoms with Crippen LogP contribution in [0.5, 0.6) is 0 Å². The molecule has 2 aromatic rings. The maximum absolute atomic E-state index is 10.9. The summed E-state index contributed by atoms with van der Waals surface area (Å²) in [6, 6.07) is 17.4. The number of non-ortho nitro benzene ring substituents is 1. The normalized spacial score (nSPS) is 21.8. The lowest BCUT2D eigenvalue weighted by atomic mass is 9.89. The van der Waals surface area contributed by atoms with Gasteiger partial charge in [0.15, 0.2) is 0 Å². The Morgan fingerprint density at radius 2 is 1.33 bits per heavy atom. The molecule has 0 fully saturated rings. The van der Waals surface area contributed by atoms with E-state index in [1.165, 1.54) is 16.7 Å². The molecule has 0 amide bonds. The minimum Gasteiger partial charge on any atom is -0.258 e. The van der Waals surface area contributed by atoms with Gasteiger partial charge in [0.2, 0.25) is 0 Å². The molecule has 2 aromatic carbocycles. The van der Waals surface area contributed by atoms with Crippen LogP contribution in [0.2, 0.25) is 0 Å². The topological polar surface area (TPSA) is 43.1 Å². The monoisotopic (exact) mass is 315 g/mol. The first-order valence-corrected chi connectivity index (χ1v) is 8.13. The number of benzene rings is 2. The molecule has 1 unspecified atom stereocenters. The van der Waals surface area contributed by atoms with Crippen LogP contribution in [0.4, 0.5) is 5.69 Å². The van der Waals surface area contributed by atoms with Crippen LogP contribution in [0, 0.1) is 22.0 Å². The van der Waals surface area contributed by atoms with E-state index in [-0.39, 0.29) is 10.6 Å². The molecule has 0 spiro atoms. The number of fused-ring (bicyclic) bond motifs is 2. The van der Waals surface area contributed by atoms with Gasteiger partial charge >= 0.3 is 0 Å². The molecule has 118 valence electrons. The molecule has 3 nitrogen and oxygen atoms in total. The summed E-state index contributed by atoms with van der Waals surface area (Å²) >= 11 is 0. The summed E-state index contributed by atoms with van der Waals surface area (Å²) in [4.78, 5) is 10.6. The molecule has 4 rings (SSSR count). The van der Waals surface area contributed by atoms with Gasteiger partial charge in [-0.25, -0.2) is 0 Å². The van der Waals surface area contributed by atoms with Crippen LogP contribution in [-0.4, -0.2) is 4.92 Å². The zero-order valence-corrected chi connectivity index (χ0v) is 13.1. The number of rotatable bonds is 3. The molecule has 0 saturated heterocycles. The van der Waals surface area contributed by atoms with E-state index in [1.807, 2.05) is 18.2 Å². The fraction of sp³-hybridized carbons (Fsp3) is 0.143. The fourth-order valence-electron chi connectivity index (χ4n) is 3.77. The van der Waals surface area contributed by atoms with Gasteiger partial charge in [-0.15, -0.1) is 0 Å². The van der Waals surface area contributed by atoms with Gasteiger partial charge in [-0.3, -0.25) is 10.1 Å². The van der Waals surface area contributed by atoms with Crippen molar-refractivity contribution >= 4 is 16.8 Å². The van der Waals surface area contributed by atoms with Gasteiger partial charge in [-0.1, -0.05) is 54.6 Å². The van der Waals surface area contributed by atoms with Gasteiger partial charge in [0.1, 0.15) is 0 Å². The van der Waals surface area contributed by atoms with Crippen molar-refractivity contribution in [3.05, 3.63) is 100 Å². The SMILES string of the molecule is O=[N+]([O-])c1ccc(C2=C(c3ccccc3)[C@@H]3C=CC=CC2C3)cc1. The molecular weight excluding hydrogens is 298 g/mol. The Morgan fingerprint density at radius 3 is 1.88 bits per heavy atom. The summed E-state index contributed by atoms with van der Waals surface area (Å²) in [7, 11) is 0. The van der Waals surface area contributed by atoms with Crippen LogP contribution >= 0.6 is 0 Å². The van der Waals surface area contributed by atoms with Crippen molar-refractivity contribution < 1.29 is 4.92 Å². The molecule has 2 aliphatic rings. The number of hydrogen-bond acceptors (Lipinski definition) is 2. The quantitative estimate of drug-likeness (QED) is 0.572. The molecule has 0 saturated carbocycles. The zero-order valence-electron chi connectivity index (χ0n) is 13.1. The molecule has 2 aliphatic carbocycles. The predicted octanol–water partition coefficient (Wildman–Crippen LogP) is 5.27. The molecule has 0 aromatic heterocycles. The third-order valence-electron chi connectivity index (χ3n) is 4.81. The molecular formula is C21H17NO2. The smallest absolute Gasteiger partial charge is 0.258 e. The summed E-state index contributed by atoms with van der Waals surface area (Å²) in [5.41, 5.74) is 5.08. The Kier molecular flexibility index (Phi) is 3.62. The molecule has 0 radical (unpaired) electrons. The fourth-order valence-corrected chi connectivity index (χ4v) is 3.77. The van der Waals surface area contributed by atoms with Crippen molar-refractivity contribution in [1.82, 2.24) is 0 Å². The van der Waals surface area contributed by atoms with Gasteiger partial charge in [0.25, 0.3) is 5.69 Å². The third-order valence-corrected chi connectivity index (χ3v) is 4.81. The van der Waals surface area contributed by atoms with E-state index in [0.717, 1.165) is 12.0 Å². The minimum absolute atomic E-state index is 0.134. The minimum atomic E-state index is -0.350. The first kappa shape index (κ1) is 14.6. The van der Waals surface area contributed by atoms with E-state index in [4.69, 9.17) is 0 Å². The van der Waals surface area contributed by atoms with E-state index in [1.54, 1.807) is 12.1 Å². The Morgan fingerprint density at radius 1 is 0.792 bits per heavy atom. The molecule has 24 heavy (non-hydrogen) atoms. The Balaban J connectivity index is 1.88. The van der Waals surface area contributed by atoms with Crippen molar-refractivity contribution in [3.63, 3.8) is 0 Å². The summed E-state index contributed by atoms with van der Waals surface area (Å²) in [6.07, 6.45) is 9.79. The van der Waals surface area contributed by atoms with Crippen molar-refractivity contribution in [1.29, 1.82) is 0 Å². The summed E-state index contributed by atoms with van der Waals surface area (Å²) in [5.74, 6) is 0.735. The number of allylic oxidation sites excluding steroid dienone is 6. The molecule has 0 heterocycles. The van der Waals surface area contributed by atoms with Crippen molar-refractivity contribution in [2.24, 2.45) is 11.8 Å². The first-order chi connectivity index (χ1) is 11.7. The summed E-state index contributed by atoms with van der Waals surface area (Å²) < 4.78 is 0. The third kappa shape index (κ3) is 2.48. The van der Waals surface area contributed by atoms with E-state index in [2.05, 4.69) is 48.6 Å². The highest BCUT2D eigenvalue weighted by atomic mass is 16.6. The second-order valence-corrected chi connectivity index (χ2v) is 6.22. The van der Waals surface area contributed by atoms with Gasteiger partial charge < -0.3 is 0 Å². The summed E-state index contributed by atoms with van der Waals surface area (Å²) in [6.45, 7) is 0. The molecule has 0 aliphatic heterocycles. The van der Waals surface area contributed by atoms with Gasteiger partial charge in [-0.05, 0) is 40.8 Å². The number of nitrogens with zero attached hydrogens (tertiary/aromatic N) is 1. The average Bonchev–Trinajstić information content (AvgIpc) is 2.79. The molecule has 2 atom stereocenters.